The summed E-state index contributed by atoms with van der Waals surface area (Å²) in [7, 11) is -4.02. The molecule has 2 aromatic carbocycles. The summed E-state index contributed by atoms with van der Waals surface area (Å²) in [6, 6.07) is 13.2. The van der Waals surface area contributed by atoms with E-state index in [0.29, 0.717) is 12.1 Å². The minimum atomic E-state index is -4.02. The molecule has 2 aromatic heterocycles. The van der Waals surface area contributed by atoms with Crippen molar-refractivity contribution in [2.45, 2.75) is 31.6 Å². The van der Waals surface area contributed by atoms with Gasteiger partial charge in [-0.2, -0.15) is 9.40 Å². The first-order valence-corrected chi connectivity index (χ1v) is 14.3. The van der Waals surface area contributed by atoms with Crippen LogP contribution in [0.3, 0.4) is 0 Å². The van der Waals surface area contributed by atoms with Crippen LogP contribution in [0.4, 0.5) is 8.78 Å². The number of hydrogen-bond donors (Lipinski definition) is 0. The number of aromatic nitrogens is 3. The van der Waals surface area contributed by atoms with Crippen molar-refractivity contribution in [2.75, 3.05) is 13.1 Å². The van der Waals surface area contributed by atoms with E-state index in [2.05, 4.69) is 10.1 Å². The van der Waals surface area contributed by atoms with Crippen LogP contribution in [0.2, 0.25) is 0 Å². The molecule has 1 saturated heterocycles. The number of carbonyl (C=O) groups excluding carboxylic acids is 1. The molecule has 0 saturated carbocycles. The van der Waals surface area contributed by atoms with Gasteiger partial charge in [0.1, 0.15) is 17.3 Å². The molecular formula is C30H26F2N4O3S. The summed E-state index contributed by atoms with van der Waals surface area (Å²) in [5.74, 6) is -1.11. The second kappa shape index (κ2) is 9.57. The van der Waals surface area contributed by atoms with E-state index in [0.717, 1.165) is 28.5 Å². The van der Waals surface area contributed by atoms with Crippen molar-refractivity contribution in [3.8, 4) is 5.69 Å². The predicted octanol–water partition coefficient (Wildman–Crippen LogP) is 5.07. The Hall–Kier alpha value is -4.02. The zero-order valence-corrected chi connectivity index (χ0v) is 22.8. The monoisotopic (exact) mass is 560 g/mol. The van der Waals surface area contributed by atoms with E-state index in [9.17, 15) is 22.0 Å². The van der Waals surface area contributed by atoms with Crippen molar-refractivity contribution in [1.29, 1.82) is 0 Å². The summed E-state index contributed by atoms with van der Waals surface area (Å²) in [5, 5.41) is 4.52. The summed E-state index contributed by atoms with van der Waals surface area (Å²) in [4.78, 5) is 18.6. The molecule has 1 atom stereocenters. The first-order valence-electron chi connectivity index (χ1n) is 12.9. The van der Waals surface area contributed by atoms with Crippen molar-refractivity contribution in [3.05, 3.63) is 112 Å². The minimum Gasteiger partial charge on any atom is -0.291 e. The van der Waals surface area contributed by atoms with Crippen molar-refractivity contribution in [2.24, 2.45) is 5.41 Å². The van der Waals surface area contributed by atoms with Crippen LogP contribution >= 0.6 is 0 Å². The molecule has 0 N–H and O–H groups in total. The van der Waals surface area contributed by atoms with Gasteiger partial charge in [-0.25, -0.2) is 21.9 Å². The Balaban J connectivity index is 1.46. The van der Waals surface area contributed by atoms with Crippen LogP contribution in [-0.2, 0) is 16.4 Å². The Labute approximate surface area is 230 Å². The van der Waals surface area contributed by atoms with E-state index < -0.39 is 21.3 Å². The number of nitrogens with zero attached hydrogens (tertiary/aromatic N) is 4. The maximum Gasteiger partial charge on any atom is 0.243 e. The lowest BCUT2D eigenvalue weighted by Crippen LogP contribution is -2.53. The zero-order valence-electron chi connectivity index (χ0n) is 21.9. The molecule has 40 heavy (non-hydrogen) atoms. The number of pyridine rings is 1. The highest BCUT2D eigenvalue weighted by Gasteiger charge is 2.51. The average molecular weight is 561 g/mol. The number of halogens is 2. The van der Waals surface area contributed by atoms with E-state index in [1.54, 1.807) is 41.3 Å². The third-order valence-electron chi connectivity index (χ3n) is 7.80. The van der Waals surface area contributed by atoms with Gasteiger partial charge in [-0.15, -0.1) is 0 Å². The molecule has 2 aliphatic rings. The molecule has 0 radical (unpaired) electrons. The third kappa shape index (κ3) is 4.28. The van der Waals surface area contributed by atoms with Crippen LogP contribution < -0.4 is 0 Å². The van der Waals surface area contributed by atoms with Gasteiger partial charge < -0.3 is 0 Å². The molecule has 10 heteroatoms. The van der Waals surface area contributed by atoms with Crippen molar-refractivity contribution < 1.29 is 22.0 Å². The van der Waals surface area contributed by atoms with Crippen LogP contribution in [0.5, 0.6) is 0 Å². The topological polar surface area (TPSA) is 85.2 Å². The Morgan fingerprint density at radius 3 is 2.52 bits per heavy atom. The molecule has 1 aliphatic carbocycles. The predicted molar refractivity (Wildman–Crippen MR) is 145 cm³/mol. The maximum absolute atomic E-state index is 14.3. The first-order chi connectivity index (χ1) is 19.1. The van der Waals surface area contributed by atoms with Gasteiger partial charge in [0.05, 0.1) is 27.9 Å². The van der Waals surface area contributed by atoms with Crippen LogP contribution in [0.15, 0.2) is 77.5 Å². The number of benzene rings is 2. The molecule has 0 amide bonds. The number of piperidine rings is 1. The smallest absolute Gasteiger partial charge is 0.243 e. The van der Waals surface area contributed by atoms with Crippen LogP contribution in [-0.4, -0.2) is 46.4 Å². The lowest BCUT2D eigenvalue weighted by molar-refractivity contribution is 0.0770. The molecule has 204 valence electrons. The summed E-state index contributed by atoms with van der Waals surface area (Å²) >= 11 is 0. The van der Waals surface area contributed by atoms with Gasteiger partial charge in [-0.1, -0.05) is 5.57 Å². The number of sulfonamides is 1. The van der Waals surface area contributed by atoms with Crippen molar-refractivity contribution in [1.82, 2.24) is 19.1 Å². The number of hydrogen-bond acceptors (Lipinski definition) is 5. The Morgan fingerprint density at radius 2 is 1.80 bits per heavy atom. The molecule has 0 bridgehead atoms. The molecule has 7 nitrogen and oxygen atoms in total. The van der Waals surface area contributed by atoms with Crippen LogP contribution in [0.25, 0.3) is 11.8 Å². The highest BCUT2D eigenvalue weighted by atomic mass is 32.2. The summed E-state index contributed by atoms with van der Waals surface area (Å²) in [5.41, 5.74) is 3.15. The second-order valence-corrected chi connectivity index (χ2v) is 12.4. The number of carbonyl (C=O) groups is 1. The minimum absolute atomic E-state index is 0.0178. The second-order valence-electron chi connectivity index (χ2n) is 10.4. The van der Waals surface area contributed by atoms with Gasteiger partial charge in [-0.05, 0) is 104 Å². The normalized spacial score (nSPS) is 19.1. The SMILES string of the molecule is Cc1ccnc(C(=O)[C@]23Cc4cnn(-c5ccc(F)cc5)c4C=C2CCN(S(=O)(=O)c2ccc(F)c(C)c2)C3)c1. The van der Waals surface area contributed by atoms with E-state index in [4.69, 9.17) is 0 Å². The van der Waals surface area contributed by atoms with E-state index in [1.165, 1.54) is 35.5 Å². The quantitative estimate of drug-likeness (QED) is 0.319. The molecule has 4 aromatic rings. The first kappa shape index (κ1) is 26.2. The van der Waals surface area contributed by atoms with Crippen molar-refractivity contribution >= 4 is 21.9 Å². The fraction of sp³-hybridized carbons (Fsp3) is 0.233. The fourth-order valence-electron chi connectivity index (χ4n) is 5.64. The standard InChI is InChI=1S/C30H26F2N4O3S/c1-19-9-11-33-27(13-19)29(37)30-16-21-17-34-36(24-5-3-23(31)4-6-24)28(21)15-22(30)10-12-35(18-30)40(38,39)25-7-8-26(32)20(2)14-25/h3-9,11,13-15,17H,10,12,16,18H2,1-2H3/t30-/m0/s1. The van der Waals surface area contributed by atoms with E-state index >= 15 is 0 Å². The number of ketones is 1. The number of aryl methyl sites for hydroxylation is 2. The third-order valence-corrected chi connectivity index (χ3v) is 9.64. The van der Waals surface area contributed by atoms with Gasteiger partial charge in [-0.3, -0.25) is 9.78 Å². The summed E-state index contributed by atoms with van der Waals surface area (Å²) < 4.78 is 58.0. The molecule has 0 unspecified atom stereocenters. The highest BCUT2D eigenvalue weighted by Crippen LogP contribution is 2.47. The Kier molecular flexibility index (Phi) is 6.27. The van der Waals surface area contributed by atoms with Crippen molar-refractivity contribution in [3.63, 3.8) is 0 Å². The summed E-state index contributed by atoms with van der Waals surface area (Å²) in [6.45, 7) is 3.45. The lowest BCUT2D eigenvalue weighted by Gasteiger charge is -2.44. The number of Topliss-reactive ketones (excluding diaryl/α,β-unsaturated/α-hetero) is 1. The largest absolute Gasteiger partial charge is 0.291 e. The molecule has 1 aliphatic heterocycles. The average Bonchev–Trinajstić information content (AvgIpc) is 3.35. The fourth-order valence-corrected chi connectivity index (χ4v) is 7.23. The maximum atomic E-state index is 14.3. The van der Waals surface area contributed by atoms with Gasteiger partial charge in [0.25, 0.3) is 0 Å². The zero-order chi connectivity index (χ0) is 28.2. The van der Waals surface area contributed by atoms with Gasteiger partial charge in [0.15, 0.2) is 5.78 Å². The van der Waals surface area contributed by atoms with E-state index in [1.807, 2.05) is 13.0 Å². The Bertz CT molecular complexity index is 1800. The highest BCUT2D eigenvalue weighted by molar-refractivity contribution is 7.89. The molecule has 0 spiro atoms. The Morgan fingerprint density at radius 1 is 1.02 bits per heavy atom. The van der Waals surface area contributed by atoms with Crippen LogP contribution in [0.1, 0.15) is 39.3 Å². The molecule has 6 rings (SSSR count). The van der Waals surface area contributed by atoms with Gasteiger partial charge in [0.2, 0.25) is 10.0 Å². The van der Waals surface area contributed by atoms with Gasteiger partial charge >= 0.3 is 0 Å². The molecule has 3 heterocycles. The van der Waals surface area contributed by atoms with Crippen LogP contribution in [0, 0.1) is 30.9 Å². The molecule has 1 fully saturated rings. The number of fused-ring (bicyclic) bond motifs is 2. The number of rotatable bonds is 5. The van der Waals surface area contributed by atoms with Gasteiger partial charge in [0, 0.05) is 19.3 Å². The molecular weight excluding hydrogens is 534 g/mol. The summed E-state index contributed by atoms with van der Waals surface area (Å²) in [6.07, 6.45) is 5.68. The lowest BCUT2D eigenvalue weighted by atomic mass is 9.65. The van der Waals surface area contributed by atoms with E-state index in [-0.39, 0.29) is 47.3 Å².